The molecule has 0 bridgehead atoms. The minimum atomic E-state index is -0.434. The van der Waals surface area contributed by atoms with Crippen molar-refractivity contribution in [2.75, 3.05) is 12.4 Å². The maximum Gasteiger partial charge on any atom is 0.338 e. The number of anilines is 1. The highest BCUT2D eigenvalue weighted by Crippen LogP contribution is 2.20. The van der Waals surface area contributed by atoms with Crippen LogP contribution in [0.3, 0.4) is 0 Å². The predicted molar refractivity (Wildman–Crippen MR) is 96.0 cm³/mol. The zero-order valence-corrected chi connectivity index (χ0v) is 14.5. The topological polar surface area (TPSA) is 86.1 Å². The third-order valence-corrected chi connectivity index (χ3v) is 4.01. The van der Waals surface area contributed by atoms with E-state index in [0.29, 0.717) is 28.9 Å². The second-order valence-corrected chi connectivity index (χ2v) is 5.71. The molecule has 3 rings (SSSR count). The molecule has 0 radical (unpaired) electrons. The van der Waals surface area contributed by atoms with Crippen molar-refractivity contribution in [2.45, 2.75) is 13.5 Å². The van der Waals surface area contributed by atoms with Gasteiger partial charge in [0, 0.05) is 11.3 Å². The lowest BCUT2D eigenvalue weighted by molar-refractivity contribution is 0.0599. The van der Waals surface area contributed by atoms with Gasteiger partial charge >= 0.3 is 5.97 Å². The lowest BCUT2D eigenvalue weighted by Crippen LogP contribution is -2.14. The van der Waals surface area contributed by atoms with E-state index < -0.39 is 5.97 Å². The van der Waals surface area contributed by atoms with Crippen molar-refractivity contribution in [1.29, 1.82) is 0 Å². The van der Waals surface area contributed by atoms with Gasteiger partial charge in [0.05, 0.1) is 19.2 Å². The van der Waals surface area contributed by atoms with Gasteiger partial charge in [-0.15, -0.1) is 0 Å². The van der Waals surface area contributed by atoms with Gasteiger partial charge in [0.2, 0.25) is 0 Å². The first-order valence-electron chi connectivity index (χ1n) is 7.99. The number of ether oxygens (including phenoxy) is 1. The van der Waals surface area contributed by atoms with Gasteiger partial charge in [0.1, 0.15) is 12.7 Å². The molecule has 0 aliphatic heterocycles. The Balaban J connectivity index is 1.73. The second kappa shape index (κ2) is 7.60. The van der Waals surface area contributed by atoms with E-state index in [2.05, 4.69) is 15.4 Å². The first kappa shape index (κ1) is 17.3. The van der Waals surface area contributed by atoms with Crippen LogP contribution in [0.2, 0.25) is 0 Å². The maximum absolute atomic E-state index is 12.5. The van der Waals surface area contributed by atoms with E-state index in [1.165, 1.54) is 13.4 Å². The number of hydrogen-bond donors (Lipinski definition) is 1. The number of amides is 1. The van der Waals surface area contributed by atoms with Gasteiger partial charge in [0.15, 0.2) is 0 Å². The Morgan fingerprint density at radius 2 is 1.92 bits per heavy atom. The summed E-state index contributed by atoms with van der Waals surface area (Å²) in [5, 5.41) is 6.89. The molecule has 3 aromatic rings. The predicted octanol–water partition coefficient (Wildman–Crippen LogP) is 2.67. The van der Waals surface area contributed by atoms with Crippen LogP contribution in [-0.2, 0) is 11.3 Å². The van der Waals surface area contributed by atoms with Gasteiger partial charge < -0.3 is 10.1 Å². The summed E-state index contributed by atoms with van der Waals surface area (Å²) in [5.41, 5.74) is 3.19. The van der Waals surface area contributed by atoms with Crippen molar-refractivity contribution in [3.05, 3.63) is 77.4 Å². The average Bonchev–Trinajstić information content (AvgIpc) is 3.16. The smallest absolute Gasteiger partial charge is 0.338 e. The minimum Gasteiger partial charge on any atom is -0.465 e. The number of carbonyl (C=O) groups is 2. The molecule has 0 saturated carbocycles. The molecule has 0 spiro atoms. The molecule has 1 amide bonds. The summed E-state index contributed by atoms with van der Waals surface area (Å²) in [7, 11) is 1.33. The molecule has 0 fully saturated rings. The molecule has 1 aromatic heterocycles. The zero-order chi connectivity index (χ0) is 18.5. The van der Waals surface area contributed by atoms with E-state index >= 15 is 0 Å². The summed E-state index contributed by atoms with van der Waals surface area (Å²) in [6.45, 7) is 2.35. The molecule has 0 aliphatic carbocycles. The summed E-state index contributed by atoms with van der Waals surface area (Å²) < 4.78 is 6.46. The number of benzene rings is 2. The van der Waals surface area contributed by atoms with Crippen molar-refractivity contribution in [1.82, 2.24) is 14.8 Å². The third-order valence-electron chi connectivity index (χ3n) is 4.01. The van der Waals surface area contributed by atoms with Crippen LogP contribution >= 0.6 is 0 Å². The van der Waals surface area contributed by atoms with Crippen LogP contribution in [-0.4, -0.2) is 33.8 Å². The van der Waals surface area contributed by atoms with E-state index in [1.54, 1.807) is 48.3 Å². The molecule has 2 aromatic carbocycles. The zero-order valence-electron chi connectivity index (χ0n) is 14.5. The summed E-state index contributed by atoms with van der Waals surface area (Å²) in [6, 6.07) is 12.4. The van der Waals surface area contributed by atoms with Gasteiger partial charge in [0.25, 0.3) is 5.91 Å². The van der Waals surface area contributed by atoms with E-state index in [4.69, 9.17) is 4.74 Å². The Morgan fingerprint density at radius 3 is 2.58 bits per heavy atom. The number of carbonyl (C=O) groups excluding carboxylic acids is 2. The minimum absolute atomic E-state index is 0.248. The van der Waals surface area contributed by atoms with Crippen LogP contribution in [0.5, 0.6) is 0 Å². The summed E-state index contributed by atoms with van der Waals surface area (Å²) in [5.74, 6) is -0.682. The number of methoxy groups -OCH3 is 1. The molecule has 1 heterocycles. The number of rotatable bonds is 5. The normalized spacial score (nSPS) is 10.4. The first-order chi connectivity index (χ1) is 12.6. The number of aromatic nitrogens is 3. The van der Waals surface area contributed by atoms with Gasteiger partial charge in [-0.3, -0.25) is 4.79 Å². The number of esters is 1. The SMILES string of the molecule is COC(=O)c1cccc(NC(=O)c2ccc(Cn3cncn3)cc2)c1C. The van der Waals surface area contributed by atoms with Crippen LogP contribution in [0.25, 0.3) is 0 Å². The molecule has 7 heteroatoms. The fraction of sp³-hybridized carbons (Fsp3) is 0.158. The largest absolute Gasteiger partial charge is 0.465 e. The van der Waals surface area contributed by atoms with Crippen molar-refractivity contribution in [3.63, 3.8) is 0 Å². The second-order valence-electron chi connectivity index (χ2n) is 5.71. The highest BCUT2D eigenvalue weighted by atomic mass is 16.5. The Hall–Kier alpha value is -3.48. The van der Waals surface area contributed by atoms with Gasteiger partial charge in [-0.1, -0.05) is 18.2 Å². The first-order valence-corrected chi connectivity index (χ1v) is 7.99. The van der Waals surface area contributed by atoms with Crippen LogP contribution in [0.4, 0.5) is 5.69 Å². The molecular weight excluding hydrogens is 332 g/mol. The number of nitrogens with one attached hydrogen (secondary N) is 1. The molecule has 0 aliphatic rings. The molecule has 132 valence electrons. The number of hydrogen-bond acceptors (Lipinski definition) is 5. The highest BCUT2D eigenvalue weighted by molar-refractivity contribution is 6.05. The monoisotopic (exact) mass is 350 g/mol. The Bertz CT molecular complexity index is 918. The summed E-state index contributed by atoms with van der Waals surface area (Å²) in [4.78, 5) is 28.2. The van der Waals surface area contributed by atoms with Crippen LogP contribution in [0.1, 0.15) is 31.8 Å². The van der Waals surface area contributed by atoms with E-state index in [-0.39, 0.29) is 5.91 Å². The lowest BCUT2D eigenvalue weighted by atomic mass is 10.1. The van der Waals surface area contributed by atoms with Crippen molar-refractivity contribution in [2.24, 2.45) is 0 Å². The average molecular weight is 350 g/mol. The third kappa shape index (κ3) is 3.77. The van der Waals surface area contributed by atoms with E-state index in [0.717, 1.165) is 5.56 Å². The molecule has 26 heavy (non-hydrogen) atoms. The van der Waals surface area contributed by atoms with Crippen molar-refractivity contribution in [3.8, 4) is 0 Å². The maximum atomic E-state index is 12.5. The highest BCUT2D eigenvalue weighted by Gasteiger charge is 2.14. The fourth-order valence-electron chi connectivity index (χ4n) is 2.56. The molecular formula is C19H18N4O3. The van der Waals surface area contributed by atoms with Crippen LogP contribution in [0.15, 0.2) is 55.1 Å². The van der Waals surface area contributed by atoms with Gasteiger partial charge in [-0.2, -0.15) is 5.10 Å². The number of nitrogens with zero attached hydrogens (tertiary/aromatic N) is 3. The molecule has 1 N–H and O–H groups in total. The molecule has 0 atom stereocenters. The summed E-state index contributed by atoms with van der Waals surface area (Å²) in [6.07, 6.45) is 3.12. The quantitative estimate of drug-likeness (QED) is 0.715. The lowest BCUT2D eigenvalue weighted by Gasteiger charge is -2.11. The molecule has 7 nitrogen and oxygen atoms in total. The van der Waals surface area contributed by atoms with Crippen LogP contribution < -0.4 is 5.32 Å². The summed E-state index contributed by atoms with van der Waals surface area (Å²) >= 11 is 0. The van der Waals surface area contributed by atoms with E-state index in [1.807, 2.05) is 12.1 Å². The van der Waals surface area contributed by atoms with Crippen molar-refractivity contribution >= 4 is 17.6 Å². The Kier molecular flexibility index (Phi) is 5.07. The van der Waals surface area contributed by atoms with Crippen LogP contribution in [0, 0.1) is 6.92 Å². The Labute approximate surface area is 150 Å². The molecule has 0 saturated heterocycles. The van der Waals surface area contributed by atoms with Gasteiger partial charge in [-0.25, -0.2) is 14.5 Å². The van der Waals surface area contributed by atoms with E-state index in [9.17, 15) is 9.59 Å². The van der Waals surface area contributed by atoms with Gasteiger partial charge in [-0.05, 0) is 42.3 Å². The Morgan fingerprint density at radius 1 is 1.15 bits per heavy atom. The standard InChI is InChI=1S/C19H18N4O3/c1-13-16(19(25)26-2)4-3-5-17(13)22-18(24)15-8-6-14(7-9-15)10-23-12-20-11-21-23/h3-9,11-12H,10H2,1-2H3,(H,22,24). The molecule has 0 unspecified atom stereocenters. The van der Waals surface area contributed by atoms with Crippen molar-refractivity contribution < 1.29 is 14.3 Å². The fourth-order valence-corrected chi connectivity index (χ4v) is 2.56.